The Balaban J connectivity index is 0.000000273. The summed E-state index contributed by atoms with van der Waals surface area (Å²) in [5.74, 6) is 1.04. The Morgan fingerprint density at radius 3 is 2.35 bits per heavy atom. The van der Waals surface area contributed by atoms with Gasteiger partial charge < -0.3 is 15.2 Å². The lowest BCUT2D eigenvalue weighted by Crippen LogP contribution is -2.27. The average molecular weight is 363 g/mol. The minimum Gasteiger partial charge on any atom is -0.394 e. The molecule has 0 saturated heterocycles. The molecule has 0 aliphatic heterocycles. The van der Waals surface area contributed by atoms with Crippen LogP contribution in [0.2, 0.25) is 0 Å². The molecule has 146 valence electrons. The number of ether oxygens (including phenoxy) is 1. The molecule has 2 N–H and O–H groups in total. The molecule has 26 heavy (non-hydrogen) atoms. The van der Waals surface area contributed by atoms with Crippen LogP contribution >= 0.6 is 0 Å². The van der Waals surface area contributed by atoms with Gasteiger partial charge in [-0.05, 0) is 25.0 Å². The van der Waals surface area contributed by atoms with E-state index in [4.69, 9.17) is 9.84 Å². The molecule has 1 saturated carbocycles. The van der Waals surface area contributed by atoms with Crippen molar-refractivity contribution in [2.45, 2.75) is 46.0 Å². The second kappa shape index (κ2) is 13.5. The highest BCUT2D eigenvalue weighted by Crippen LogP contribution is 2.26. The number of benzene rings is 1. The fourth-order valence-corrected chi connectivity index (χ4v) is 2.95. The lowest BCUT2D eigenvalue weighted by atomic mass is 9.83. The Morgan fingerprint density at radius 1 is 1.12 bits per heavy atom. The van der Waals surface area contributed by atoms with Gasteiger partial charge in [0.1, 0.15) is 5.78 Å². The maximum Gasteiger partial charge on any atom is 0.251 e. The summed E-state index contributed by atoms with van der Waals surface area (Å²) in [6.45, 7) is 5.20. The zero-order valence-electron chi connectivity index (χ0n) is 16.1. The van der Waals surface area contributed by atoms with Crippen molar-refractivity contribution in [2.75, 3.05) is 26.4 Å². The van der Waals surface area contributed by atoms with Crippen molar-refractivity contribution in [1.82, 2.24) is 5.32 Å². The summed E-state index contributed by atoms with van der Waals surface area (Å²) in [6, 6.07) is 9.00. The number of nitrogens with one attached hydrogen (secondary N) is 1. The molecule has 5 heteroatoms. The summed E-state index contributed by atoms with van der Waals surface area (Å²) in [6.07, 6.45) is 6.17. The van der Waals surface area contributed by atoms with Crippen molar-refractivity contribution in [3.63, 3.8) is 0 Å². The lowest BCUT2D eigenvalue weighted by molar-refractivity contribution is -0.126. The monoisotopic (exact) mass is 363 g/mol. The summed E-state index contributed by atoms with van der Waals surface area (Å²) in [5, 5.41) is 11.2. The normalized spacial score (nSPS) is 14.5. The number of hydrogen-bond donors (Lipinski definition) is 2. The third kappa shape index (κ3) is 9.11. The fraction of sp³-hybridized carbons (Fsp3) is 0.619. The molecule has 0 aromatic heterocycles. The zero-order valence-corrected chi connectivity index (χ0v) is 16.1. The minimum absolute atomic E-state index is 0.00658. The number of rotatable bonds is 8. The van der Waals surface area contributed by atoms with Gasteiger partial charge in [0.05, 0.1) is 19.8 Å². The SMILES string of the molecule is CC(C)C(=O)C1CCCCC1.O=C(NCCOCCO)c1ccccc1. The van der Waals surface area contributed by atoms with E-state index < -0.39 is 0 Å². The van der Waals surface area contributed by atoms with E-state index in [0.717, 1.165) is 12.8 Å². The molecule has 0 bridgehead atoms. The van der Waals surface area contributed by atoms with E-state index in [9.17, 15) is 9.59 Å². The van der Waals surface area contributed by atoms with Gasteiger partial charge in [0, 0.05) is 23.9 Å². The van der Waals surface area contributed by atoms with Gasteiger partial charge in [0.15, 0.2) is 0 Å². The lowest BCUT2D eigenvalue weighted by Gasteiger charge is -2.21. The van der Waals surface area contributed by atoms with E-state index in [2.05, 4.69) is 5.32 Å². The number of carbonyl (C=O) groups excluding carboxylic acids is 2. The summed E-state index contributed by atoms with van der Waals surface area (Å²) in [5.41, 5.74) is 0.639. The first-order valence-corrected chi connectivity index (χ1v) is 9.61. The molecule has 1 aromatic carbocycles. The van der Waals surface area contributed by atoms with Crippen molar-refractivity contribution < 1.29 is 19.4 Å². The molecule has 1 amide bonds. The molecule has 1 aromatic rings. The van der Waals surface area contributed by atoms with E-state index in [1.807, 2.05) is 32.0 Å². The quantitative estimate of drug-likeness (QED) is 0.696. The first kappa shape index (κ1) is 22.3. The molecule has 0 atom stereocenters. The Morgan fingerprint density at radius 2 is 1.77 bits per heavy atom. The minimum atomic E-state index is -0.108. The van der Waals surface area contributed by atoms with Crippen LogP contribution in [0.5, 0.6) is 0 Å². The predicted octanol–water partition coefficient (Wildman–Crippen LogP) is 3.22. The van der Waals surface area contributed by atoms with E-state index in [1.54, 1.807) is 12.1 Å². The molecular weight excluding hydrogens is 330 g/mol. The number of aliphatic hydroxyl groups excluding tert-OH is 1. The molecular formula is C21H33NO4. The van der Waals surface area contributed by atoms with Crippen molar-refractivity contribution in [2.24, 2.45) is 11.8 Å². The van der Waals surface area contributed by atoms with Gasteiger partial charge in [-0.1, -0.05) is 51.3 Å². The molecule has 2 rings (SSSR count). The van der Waals surface area contributed by atoms with Crippen molar-refractivity contribution >= 4 is 11.7 Å². The van der Waals surface area contributed by atoms with Crippen LogP contribution in [0.3, 0.4) is 0 Å². The van der Waals surface area contributed by atoms with E-state index >= 15 is 0 Å². The van der Waals surface area contributed by atoms with E-state index in [1.165, 1.54) is 19.3 Å². The fourth-order valence-electron chi connectivity index (χ4n) is 2.95. The largest absolute Gasteiger partial charge is 0.394 e. The molecule has 1 aliphatic rings. The molecule has 0 radical (unpaired) electrons. The third-order valence-electron chi connectivity index (χ3n) is 4.38. The first-order valence-electron chi connectivity index (χ1n) is 9.61. The molecule has 0 heterocycles. The van der Waals surface area contributed by atoms with Gasteiger partial charge in [0.2, 0.25) is 0 Å². The van der Waals surface area contributed by atoms with Crippen molar-refractivity contribution in [1.29, 1.82) is 0 Å². The number of aliphatic hydroxyl groups is 1. The van der Waals surface area contributed by atoms with Crippen LogP contribution in [-0.4, -0.2) is 43.2 Å². The highest BCUT2D eigenvalue weighted by Gasteiger charge is 2.22. The van der Waals surface area contributed by atoms with Crippen LogP contribution in [-0.2, 0) is 9.53 Å². The molecule has 0 unspecified atom stereocenters. The second-order valence-electron chi connectivity index (χ2n) is 6.85. The number of Topliss-reactive ketones (excluding diaryl/α,β-unsaturated/α-hetero) is 1. The van der Waals surface area contributed by atoms with Gasteiger partial charge in [-0.15, -0.1) is 0 Å². The standard InChI is InChI=1S/C11H15NO3.C10H18O/c13-7-9-15-8-6-12-11(14)10-4-2-1-3-5-10;1-8(2)10(11)9-6-4-3-5-7-9/h1-5,13H,6-9H2,(H,12,14);8-9H,3-7H2,1-2H3. The van der Waals surface area contributed by atoms with Crippen LogP contribution in [0.25, 0.3) is 0 Å². The third-order valence-corrected chi connectivity index (χ3v) is 4.38. The zero-order chi connectivity index (χ0) is 19.2. The summed E-state index contributed by atoms with van der Waals surface area (Å²) in [4.78, 5) is 23.0. The maximum absolute atomic E-state index is 11.5. The van der Waals surface area contributed by atoms with Gasteiger partial charge in [-0.3, -0.25) is 9.59 Å². The highest BCUT2D eigenvalue weighted by molar-refractivity contribution is 5.94. The summed E-state index contributed by atoms with van der Waals surface area (Å²) in [7, 11) is 0. The van der Waals surface area contributed by atoms with Crippen molar-refractivity contribution in [3.05, 3.63) is 35.9 Å². The molecule has 0 spiro atoms. The van der Waals surface area contributed by atoms with Gasteiger partial charge >= 0.3 is 0 Å². The Kier molecular flexibility index (Phi) is 11.6. The number of hydrogen-bond acceptors (Lipinski definition) is 4. The van der Waals surface area contributed by atoms with Crippen LogP contribution in [0.4, 0.5) is 0 Å². The van der Waals surface area contributed by atoms with E-state index in [0.29, 0.717) is 37.0 Å². The van der Waals surface area contributed by atoms with Gasteiger partial charge in [-0.25, -0.2) is 0 Å². The molecule has 5 nitrogen and oxygen atoms in total. The summed E-state index contributed by atoms with van der Waals surface area (Å²) >= 11 is 0. The highest BCUT2D eigenvalue weighted by atomic mass is 16.5. The average Bonchev–Trinajstić information content (AvgIpc) is 2.69. The number of amides is 1. The summed E-state index contributed by atoms with van der Waals surface area (Å²) < 4.78 is 5.00. The number of ketones is 1. The van der Waals surface area contributed by atoms with Crippen LogP contribution < -0.4 is 5.32 Å². The number of carbonyl (C=O) groups is 2. The van der Waals surface area contributed by atoms with Crippen LogP contribution in [0.15, 0.2) is 30.3 Å². The Hall–Kier alpha value is -1.72. The Bertz CT molecular complexity index is 510. The van der Waals surface area contributed by atoms with Gasteiger partial charge in [0.25, 0.3) is 5.91 Å². The smallest absolute Gasteiger partial charge is 0.251 e. The maximum atomic E-state index is 11.5. The van der Waals surface area contributed by atoms with E-state index in [-0.39, 0.29) is 18.4 Å². The Labute approximate surface area is 157 Å². The van der Waals surface area contributed by atoms with Gasteiger partial charge in [-0.2, -0.15) is 0 Å². The predicted molar refractivity (Wildman–Crippen MR) is 103 cm³/mol. The van der Waals surface area contributed by atoms with Crippen molar-refractivity contribution in [3.8, 4) is 0 Å². The first-order chi connectivity index (χ1) is 12.6. The van der Waals surface area contributed by atoms with Crippen LogP contribution in [0, 0.1) is 11.8 Å². The molecule has 1 fully saturated rings. The molecule has 1 aliphatic carbocycles. The second-order valence-corrected chi connectivity index (χ2v) is 6.85. The topological polar surface area (TPSA) is 75.6 Å². The van der Waals surface area contributed by atoms with Crippen LogP contribution in [0.1, 0.15) is 56.3 Å².